The standard InChI is InChI=1S/C13H19ClN2O/c1-9-7-16(8-10(2)17-9)13-4-3-12(14)5-11(13)6-15/h3-5,9-10H,6-8,15H2,1-2H3/t9-,10+. The third-order valence-electron chi connectivity index (χ3n) is 3.02. The summed E-state index contributed by atoms with van der Waals surface area (Å²) < 4.78 is 5.74. The van der Waals surface area contributed by atoms with Crippen molar-refractivity contribution in [2.24, 2.45) is 5.73 Å². The van der Waals surface area contributed by atoms with Crippen molar-refractivity contribution < 1.29 is 4.74 Å². The first-order chi connectivity index (χ1) is 8.10. The molecule has 4 heteroatoms. The van der Waals surface area contributed by atoms with Crippen molar-refractivity contribution in [2.75, 3.05) is 18.0 Å². The number of nitrogens with zero attached hydrogens (tertiary/aromatic N) is 1. The fourth-order valence-electron chi connectivity index (χ4n) is 2.40. The van der Waals surface area contributed by atoms with Crippen molar-refractivity contribution in [3.05, 3.63) is 28.8 Å². The summed E-state index contributed by atoms with van der Waals surface area (Å²) in [7, 11) is 0. The highest BCUT2D eigenvalue weighted by atomic mass is 35.5. The van der Waals surface area contributed by atoms with Gasteiger partial charge in [-0.1, -0.05) is 11.6 Å². The van der Waals surface area contributed by atoms with Gasteiger partial charge in [-0.3, -0.25) is 0 Å². The molecule has 3 nitrogen and oxygen atoms in total. The Morgan fingerprint density at radius 3 is 2.59 bits per heavy atom. The molecule has 0 unspecified atom stereocenters. The van der Waals surface area contributed by atoms with E-state index in [1.54, 1.807) is 0 Å². The van der Waals surface area contributed by atoms with Crippen molar-refractivity contribution in [1.82, 2.24) is 0 Å². The molecule has 1 fully saturated rings. The molecule has 0 aliphatic carbocycles. The number of hydrogen-bond donors (Lipinski definition) is 1. The number of anilines is 1. The van der Waals surface area contributed by atoms with Gasteiger partial charge >= 0.3 is 0 Å². The highest BCUT2D eigenvalue weighted by Crippen LogP contribution is 2.26. The lowest BCUT2D eigenvalue weighted by Crippen LogP contribution is -2.45. The maximum atomic E-state index is 5.99. The van der Waals surface area contributed by atoms with Crippen LogP contribution >= 0.6 is 11.6 Å². The lowest BCUT2D eigenvalue weighted by atomic mass is 10.1. The Balaban J connectivity index is 2.26. The summed E-state index contributed by atoms with van der Waals surface area (Å²) in [5.74, 6) is 0. The lowest BCUT2D eigenvalue weighted by Gasteiger charge is -2.37. The van der Waals surface area contributed by atoms with E-state index in [9.17, 15) is 0 Å². The molecular formula is C13H19ClN2O. The van der Waals surface area contributed by atoms with Crippen LogP contribution in [0.4, 0.5) is 5.69 Å². The molecule has 0 amide bonds. The zero-order chi connectivity index (χ0) is 12.4. The molecule has 0 spiro atoms. The molecular weight excluding hydrogens is 236 g/mol. The van der Waals surface area contributed by atoms with Crippen LogP contribution in [-0.2, 0) is 11.3 Å². The molecule has 1 heterocycles. The van der Waals surface area contributed by atoms with Crippen LogP contribution < -0.4 is 10.6 Å². The normalized spacial score (nSPS) is 25.1. The van der Waals surface area contributed by atoms with Crippen LogP contribution in [0.15, 0.2) is 18.2 Å². The maximum absolute atomic E-state index is 5.99. The first-order valence-electron chi connectivity index (χ1n) is 5.99. The van der Waals surface area contributed by atoms with E-state index in [2.05, 4.69) is 24.8 Å². The Kier molecular flexibility index (Phi) is 3.92. The highest BCUT2D eigenvalue weighted by Gasteiger charge is 2.23. The Bertz CT molecular complexity index is 387. The first kappa shape index (κ1) is 12.7. The molecule has 0 bridgehead atoms. The molecule has 1 aliphatic heterocycles. The highest BCUT2D eigenvalue weighted by molar-refractivity contribution is 6.30. The molecule has 1 aliphatic rings. The van der Waals surface area contributed by atoms with Crippen molar-refractivity contribution in [3.8, 4) is 0 Å². The van der Waals surface area contributed by atoms with E-state index in [0.717, 1.165) is 23.7 Å². The molecule has 2 atom stereocenters. The van der Waals surface area contributed by atoms with Gasteiger partial charge in [-0.05, 0) is 37.6 Å². The molecule has 2 N–H and O–H groups in total. The Morgan fingerprint density at radius 2 is 2.00 bits per heavy atom. The van der Waals surface area contributed by atoms with Crippen LogP contribution in [0.3, 0.4) is 0 Å². The minimum absolute atomic E-state index is 0.250. The van der Waals surface area contributed by atoms with Gasteiger partial charge in [-0.25, -0.2) is 0 Å². The zero-order valence-electron chi connectivity index (χ0n) is 10.3. The van der Waals surface area contributed by atoms with Gasteiger partial charge in [0, 0.05) is 30.3 Å². The van der Waals surface area contributed by atoms with Gasteiger partial charge in [0.05, 0.1) is 12.2 Å². The van der Waals surface area contributed by atoms with E-state index < -0.39 is 0 Å². The molecule has 0 radical (unpaired) electrons. The third kappa shape index (κ3) is 2.92. The summed E-state index contributed by atoms with van der Waals surface area (Å²) in [6.45, 7) is 6.51. The summed E-state index contributed by atoms with van der Waals surface area (Å²) in [5.41, 5.74) is 8.05. The quantitative estimate of drug-likeness (QED) is 0.881. The number of ether oxygens (including phenoxy) is 1. The molecule has 2 rings (SSSR count). The van der Waals surface area contributed by atoms with Crippen LogP contribution in [0.2, 0.25) is 5.02 Å². The smallest absolute Gasteiger partial charge is 0.0726 e. The summed E-state index contributed by atoms with van der Waals surface area (Å²) in [6.07, 6.45) is 0.500. The Labute approximate surface area is 107 Å². The largest absolute Gasteiger partial charge is 0.372 e. The van der Waals surface area contributed by atoms with Crippen molar-refractivity contribution in [1.29, 1.82) is 0 Å². The van der Waals surface area contributed by atoms with Crippen LogP contribution in [0.25, 0.3) is 0 Å². The van der Waals surface area contributed by atoms with Crippen molar-refractivity contribution in [3.63, 3.8) is 0 Å². The maximum Gasteiger partial charge on any atom is 0.0726 e. The van der Waals surface area contributed by atoms with Gasteiger partial charge in [0.2, 0.25) is 0 Å². The minimum Gasteiger partial charge on any atom is -0.372 e. The second-order valence-corrected chi connectivity index (χ2v) is 5.08. The number of nitrogens with two attached hydrogens (primary N) is 1. The van der Waals surface area contributed by atoms with Gasteiger partial charge in [0.15, 0.2) is 0 Å². The predicted molar refractivity (Wildman–Crippen MR) is 71.6 cm³/mol. The average Bonchev–Trinajstić information content (AvgIpc) is 2.27. The van der Waals surface area contributed by atoms with E-state index in [-0.39, 0.29) is 12.2 Å². The first-order valence-corrected chi connectivity index (χ1v) is 6.37. The van der Waals surface area contributed by atoms with Gasteiger partial charge in [-0.15, -0.1) is 0 Å². The Morgan fingerprint density at radius 1 is 1.35 bits per heavy atom. The number of hydrogen-bond acceptors (Lipinski definition) is 3. The SMILES string of the molecule is C[C@@H]1CN(c2ccc(Cl)cc2CN)C[C@H](C)O1. The monoisotopic (exact) mass is 254 g/mol. The molecule has 0 saturated carbocycles. The van der Waals surface area contributed by atoms with Gasteiger partial charge < -0.3 is 15.4 Å². The summed E-state index contributed by atoms with van der Waals surface area (Å²) in [6, 6.07) is 5.91. The molecule has 94 valence electrons. The lowest BCUT2D eigenvalue weighted by molar-refractivity contribution is -0.00525. The third-order valence-corrected chi connectivity index (χ3v) is 3.26. The fraction of sp³-hybridized carbons (Fsp3) is 0.538. The number of halogens is 1. The second-order valence-electron chi connectivity index (χ2n) is 4.64. The molecule has 1 saturated heterocycles. The fourth-order valence-corrected chi connectivity index (χ4v) is 2.60. The number of benzene rings is 1. The summed E-state index contributed by atoms with van der Waals surface area (Å²) in [4.78, 5) is 2.33. The average molecular weight is 255 g/mol. The number of morpholine rings is 1. The van der Waals surface area contributed by atoms with E-state index >= 15 is 0 Å². The van der Waals surface area contributed by atoms with Crippen LogP contribution in [0, 0.1) is 0 Å². The predicted octanol–water partition coefficient (Wildman–Crippen LogP) is 2.41. The van der Waals surface area contributed by atoms with Gasteiger partial charge in [-0.2, -0.15) is 0 Å². The van der Waals surface area contributed by atoms with Crippen LogP contribution in [-0.4, -0.2) is 25.3 Å². The summed E-state index contributed by atoms with van der Waals surface area (Å²) >= 11 is 5.99. The number of rotatable bonds is 2. The minimum atomic E-state index is 0.250. The topological polar surface area (TPSA) is 38.5 Å². The summed E-state index contributed by atoms with van der Waals surface area (Å²) in [5, 5.41) is 0.739. The zero-order valence-corrected chi connectivity index (χ0v) is 11.1. The van der Waals surface area contributed by atoms with Crippen molar-refractivity contribution >= 4 is 17.3 Å². The van der Waals surface area contributed by atoms with Gasteiger partial charge in [0.1, 0.15) is 0 Å². The van der Waals surface area contributed by atoms with E-state index in [1.165, 1.54) is 5.69 Å². The van der Waals surface area contributed by atoms with Crippen molar-refractivity contribution in [2.45, 2.75) is 32.6 Å². The van der Waals surface area contributed by atoms with Crippen LogP contribution in [0.1, 0.15) is 19.4 Å². The molecule has 0 aromatic heterocycles. The second kappa shape index (κ2) is 5.25. The van der Waals surface area contributed by atoms with Crippen LogP contribution in [0.5, 0.6) is 0 Å². The molecule has 17 heavy (non-hydrogen) atoms. The molecule has 1 aromatic rings. The Hall–Kier alpha value is -0.770. The van der Waals surface area contributed by atoms with E-state index in [0.29, 0.717) is 6.54 Å². The van der Waals surface area contributed by atoms with Gasteiger partial charge in [0.25, 0.3) is 0 Å². The molecule has 1 aromatic carbocycles. The van der Waals surface area contributed by atoms with E-state index in [1.807, 2.05) is 12.1 Å². The van der Waals surface area contributed by atoms with E-state index in [4.69, 9.17) is 22.1 Å².